The molecule has 0 aromatic carbocycles. The number of nitrogens with two attached hydrogens (primary N) is 1. The van der Waals surface area contributed by atoms with Gasteiger partial charge in [0.1, 0.15) is 0 Å². The standard InChI is InChI=1S/C11H21N3O2/c1-2-9(11(12)14-16)13-10(15)7-8-5-3-4-6-8/h8-9,16H,2-7H2,1H3,(H2,12,14)(H,13,15). The summed E-state index contributed by atoms with van der Waals surface area (Å²) in [6.45, 7) is 1.89. The quantitative estimate of drug-likeness (QED) is 0.285. The Kier molecular flexibility index (Phi) is 5.08. The highest BCUT2D eigenvalue weighted by Gasteiger charge is 2.21. The molecule has 5 nitrogen and oxygen atoms in total. The number of nitrogens with one attached hydrogen (secondary N) is 1. The van der Waals surface area contributed by atoms with Crippen LogP contribution in [0.25, 0.3) is 0 Å². The Bertz CT molecular complexity index is 260. The molecule has 1 rings (SSSR count). The second-order valence-electron chi connectivity index (χ2n) is 4.41. The van der Waals surface area contributed by atoms with E-state index >= 15 is 0 Å². The Labute approximate surface area is 96.1 Å². The zero-order valence-corrected chi connectivity index (χ0v) is 9.78. The Hall–Kier alpha value is -1.26. The van der Waals surface area contributed by atoms with E-state index in [4.69, 9.17) is 10.9 Å². The molecule has 0 aromatic rings. The van der Waals surface area contributed by atoms with Crippen molar-refractivity contribution in [3.8, 4) is 0 Å². The van der Waals surface area contributed by atoms with Gasteiger partial charge in [-0.3, -0.25) is 4.79 Å². The van der Waals surface area contributed by atoms with Gasteiger partial charge < -0.3 is 16.3 Å². The van der Waals surface area contributed by atoms with Gasteiger partial charge >= 0.3 is 0 Å². The molecule has 0 saturated heterocycles. The van der Waals surface area contributed by atoms with Crippen LogP contribution in [0.4, 0.5) is 0 Å². The van der Waals surface area contributed by atoms with Crippen molar-refractivity contribution in [2.45, 2.75) is 51.5 Å². The average Bonchev–Trinajstić information content (AvgIpc) is 2.77. The normalized spacial score (nSPS) is 19.7. The first-order valence-electron chi connectivity index (χ1n) is 5.94. The molecular formula is C11H21N3O2. The molecule has 0 aromatic heterocycles. The molecular weight excluding hydrogens is 206 g/mol. The van der Waals surface area contributed by atoms with E-state index in [1.165, 1.54) is 12.8 Å². The molecule has 0 aliphatic heterocycles. The topological polar surface area (TPSA) is 87.7 Å². The number of hydrogen-bond acceptors (Lipinski definition) is 3. The Morgan fingerprint density at radius 1 is 1.56 bits per heavy atom. The second kappa shape index (κ2) is 6.35. The average molecular weight is 227 g/mol. The summed E-state index contributed by atoms with van der Waals surface area (Å²) in [5.41, 5.74) is 5.47. The zero-order chi connectivity index (χ0) is 12.0. The molecule has 1 aliphatic carbocycles. The van der Waals surface area contributed by atoms with Gasteiger partial charge in [0.15, 0.2) is 5.84 Å². The predicted octanol–water partition coefficient (Wildman–Crippen LogP) is 1.21. The van der Waals surface area contributed by atoms with Crippen molar-refractivity contribution in [1.82, 2.24) is 5.32 Å². The third-order valence-corrected chi connectivity index (χ3v) is 3.16. The van der Waals surface area contributed by atoms with E-state index in [0.717, 1.165) is 12.8 Å². The Balaban J connectivity index is 2.36. The van der Waals surface area contributed by atoms with Gasteiger partial charge in [-0.1, -0.05) is 24.9 Å². The van der Waals surface area contributed by atoms with Crippen molar-refractivity contribution in [3.63, 3.8) is 0 Å². The maximum absolute atomic E-state index is 11.7. The molecule has 5 heteroatoms. The van der Waals surface area contributed by atoms with E-state index in [2.05, 4.69) is 10.5 Å². The second-order valence-corrected chi connectivity index (χ2v) is 4.41. The summed E-state index contributed by atoms with van der Waals surface area (Å²) in [6.07, 6.45) is 5.95. The zero-order valence-electron chi connectivity index (χ0n) is 9.78. The number of carbonyl (C=O) groups is 1. The monoisotopic (exact) mass is 227 g/mol. The largest absolute Gasteiger partial charge is 0.409 e. The van der Waals surface area contributed by atoms with E-state index in [1.807, 2.05) is 6.92 Å². The van der Waals surface area contributed by atoms with Crippen molar-refractivity contribution >= 4 is 11.7 Å². The van der Waals surface area contributed by atoms with E-state index < -0.39 is 0 Å². The first-order chi connectivity index (χ1) is 7.67. The van der Waals surface area contributed by atoms with Crippen LogP contribution < -0.4 is 11.1 Å². The van der Waals surface area contributed by atoms with Crippen LogP contribution in [0, 0.1) is 5.92 Å². The fraction of sp³-hybridized carbons (Fsp3) is 0.818. The molecule has 1 amide bonds. The minimum atomic E-state index is -0.348. The number of amidine groups is 1. The predicted molar refractivity (Wildman–Crippen MR) is 62.2 cm³/mol. The van der Waals surface area contributed by atoms with E-state index in [0.29, 0.717) is 18.8 Å². The highest BCUT2D eigenvalue weighted by Crippen LogP contribution is 2.27. The fourth-order valence-electron chi connectivity index (χ4n) is 2.18. The molecule has 0 bridgehead atoms. The van der Waals surface area contributed by atoms with E-state index in [9.17, 15) is 4.79 Å². The van der Waals surface area contributed by atoms with Crippen molar-refractivity contribution in [3.05, 3.63) is 0 Å². The van der Waals surface area contributed by atoms with Crippen molar-refractivity contribution < 1.29 is 10.0 Å². The number of oxime groups is 1. The lowest BCUT2D eigenvalue weighted by molar-refractivity contribution is -0.122. The van der Waals surface area contributed by atoms with E-state index in [1.54, 1.807) is 0 Å². The molecule has 16 heavy (non-hydrogen) atoms. The molecule has 0 radical (unpaired) electrons. The van der Waals surface area contributed by atoms with Crippen molar-refractivity contribution in [2.75, 3.05) is 0 Å². The van der Waals surface area contributed by atoms with Gasteiger partial charge in [0.05, 0.1) is 6.04 Å². The van der Waals surface area contributed by atoms with Crippen molar-refractivity contribution in [2.24, 2.45) is 16.8 Å². The van der Waals surface area contributed by atoms with Crippen LogP contribution in [0.15, 0.2) is 5.16 Å². The number of nitrogens with zero attached hydrogens (tertiary/aromatic N) is 1. The lowest BCUT2D eigenvalue weighted by Crippen LogP contribution is -2.44. The van der Waals surface area contributed by atoms with E-state index in [-0.39, 0.29) is 17.8 Å². The summed E-state index contributed by atoms with van der Waals surface area (Å²) < 4.78 is 0. The van der Waals surface area contributed by atoms with Gasteiger partial charge in [-0.2, -0.15) is 0 Å². The summed E-state index contributed by atoms with van der Waals surface area (Å²) in [4.78, 5) is 11.7. The lowest BCUT2D eigenvalue weighted by Gasteiger charge is -2.16. The molecule has 1 saturated carbocycles. The van der Waals surface area contributed by atoms with Gasteiger partial charge in [0.2, 0.25) is 5.91 Å². The molecule has 0 heterocycles. The smallest absolute Gasteiger partial charge is 0.220 e. The third kappa shape index (κ3) is 3.72. The molecule has 1 aliphatic rings. The first-order valence-corrected chi connectivity index (χ1v) is 5.94. The Morgan fingerprint density at radius 3 is 2.69 bits per heavy atom. The SMILES string of the molecule is CCC(NC(=O)CC1CCCC1)/C(N)=N/O. The Morgan fingerprint density at radius 2 is 2.19 bits per heavy atom. The highest BCUT2D eigenvalue weighted by atomic mass is 16.4. The van der Waals surface area contributed by atoms with Crippen molar-refractivity contribution in [1.29, 1.82) is 0 Å². The minimum Gasteiger partial charge on any atom is -0.409 e. The maximum atomic E-state index is 11.7. The van der Waals surface area contributed by atoms with Crippen LogP contribution in [-0.4, -0.2) is 23.0 Å². The van der Waals surface area contributed by atoms with Gasteiger partial charge in [-0.05, 0) is 25.2 Å². The minimum absolute atomic E-state index is 0.00495. The van der Waals surface area contributed by atoms with Crippen LogP contribution in [0.5, 0.6) is 0 Å². The summed E-state index contributed by atoms with van der Waals surface area (Å²) in [6, 6.07) is -0.348. The summed E-state index contributed by atoms with van der Waals surface area (Å²) in [5, 5.41) is 14.3. The number of hydrogen-bond donors (Lipinski definition) is 3. The summed E-state index contributed by atoms with van der Waals surface area (Å²) >= 11 is 0. The molecule has 1 atom stereocenters. The highest BCUT2D eigenvalue weighted by molar-refractivity contribution is 5.89. The molecule has 1 fully saturated rings. The summed E-state index contributed by atoms with van der Waals surface area (Å²) in [5.74, 6) is 0.595. The van der Waals surface area contributed by atoms with Crippen LogP contribution in [-0.2, 0) is 4.79 Å². The first kappa shape index (κ1) is 12.8. The number of carbonyl (C=O) groups excluding carboxylic acids is 1. The van der Waals surface area contributed by atoms with Gasteiger partial charge in [0.25, 0.3) is 0 Å². The lowest BCUT2D eigenvalue weighted by atomic mass is 10.0. The molecule has 4 N–H and O–H groups in total. The molecule has 0 spiro atoms. The number of amides is 1. The van der Waals surface area contributed by atoms with Crippen LogP contribution in [0.3, 0.4) is 0 Å². The summed E-state index contributed by atoms with van der Waals surface area (Å²) in [7, 11) is 0. The van der Waals surface area contributed by atoms with Gasteiger partial charge in [0, 0.05) is 6.42 Å². The number of rotatable bonds is 5. The van der Waals surface area contributed by atoms with Crippen LogP contribution in [0.2, 0.25) is 0 Å². The third-order valence-electron chi connectivity index (χ3n) is 3.16. The molecule has 92 valence electrons. The van der Waals surface area contributed by atoms with Crippen LogP contribution >= 0.6 is 0 Å². The van der Waals surface area contributed by atoms with Crippen LogP contribution in [0.1, 0.15) is 45.4 Å². The van der Waals surface area contributed by atoms with Gasteiger partial charge in [-0.15, -0.1) is 0 Å². The fourth-order valence-corrected chi connectivity index (χ4v) is 2.18. The van der Waals surface area contributed by atoms with Gasteiger partial charge in [-0.25, -0.2) is 0 Å². The maximum Gasteiger partial charge on any atom is 0.220 e. The molecule has 1 unspecified atom stereocenters.